The molecule has 0 fully saturated rings. The minimum absolute atomic E-state index is 1.19. The molecule has 1 nitrogen and oxygen atoms in total. The van der Waals surface area contributed by atoms with Crippen molar-refractivity contribution in [1.82, 2.24) is 0 Å². The first kappa shape index (κ1) is 19.5. The summed E-state index contributed by atoms with van der Waals surface area (Å²) in [5, 5.41) is 0. The molecule has 1 rings (SSSR count). The topological polar surface area (TPSA) is 4.44 Å². The third-order valence-electron chi connectivity index (χ3n) is 4.81. The largest absolute Gasteiger partial charge is 0.305 e. The molecule has 1 aliphatic rings. The van der Waals surface area contributed by atoms with Gasteiger partial charge in [-0.05, 0) is 25.0 Å². The Morgan fingerprint density at radius 2 is 1.14 bits per heavy atom. The number of hydrogen-bond donors (Lipinski definition) is 1. The van der Waals surface area contributed by atoms with E-state index in [2.05, 4.69) is 31.4 Å². The van der Waals surface area contributed by atoms with Gasteiger partial charge in [0.2, 0.25) is 0 Å². The Labute approximate surface area is 139 Å². The quantitative estimate of drug-likeness (QED) is 0.384. The third kappa shape index (κ3) is 12.0. The van der Waals surface area contributed by atoms with Crippen molar-refractivity contribution in [3.63, 3.8) is 0 Å². The lowest BCUT2D eigenvalue weighted by atomic mass is 10.0. The lowest BCUT2D eigenvalue weighted by molar-refractivity contribution is -0.841. The minimum Gasteiger partial charge on any atom is -0.305 e. The van der Waals surface area contributed by atoms with Crippen molar-refractivity contribution in [2.24, 2.45) is 0 Å². The lowest BCUT2D eigenvalue weighted by Gasteiger charge is -2.14. The smallest absolute Gasteiger partial charge is 0.100 e. The fourth-order valence-electron chi connectivity index (χ4n) is 3.29. The van der Waals surface area contributed by atoms with E-state index in [4.69, 9.17) is 0 Å². The fraction of sp³-hybridized carbons (Fsp3) is 0.810. The van der Waals surface area contributed by atoms with Crippen molar-refractivity contribution < 1.29 is 4.90 Å². The zero-order valence-electron chi connectivity index (χ0n) is 15.1. The van der Waals surface area contributed by atoms with Crippen LogP contribution in [0.4, 0.5) is 0 Å². The second-order valence-electron chi connectivity index (χ2n) is 7.00. The summed E-state index contributed by atoms with van der Waals surface area (Å²) < 4.78 is 0. The van der Waals surface area contributed by atoms with Crippen LogP contribution in [0.3, 0.4) is 0 Å². The Balaban J connectivity index is 1.69. The van der Waals surface area contributed by atoms with Crippen molar-refractivity contribution in [2.75, 3.05) is 13.1 Å². The van der Waals surface area contributed by atoms with Gasteiger partial charge in [-0.25, -0.2) is 0 Å². The summed E-state index contributed by atoms with van der Waals surface area (Å²) in [5.41, 5.74) is 0. The van der Waals surface area contributed by atoms with Gasteiger partial charge in [0.05, 0.1) is 12.7 Å². The van der Waals surface area contributed by atoms with Crippen molar-refractivity contribution in [3.05, 3.63) is 24.4 Å². The molecule has 0 amide bonds. The number of rotatable bonds is 15. The normalized spacial score (nSPS) is 17.2. The molecule has 0 radical (unpaired) electrons. The highest BCUT2D eigenvalue weighted by Gasteiger charge is 2.03. The van der Waals surface area contributed by atoms with Gasteiger partial charge in [0.15, 0.2) is 0 Å². The van der Waals surface area contributed by atoms with Crippen LogP contribution in [0.25, 0.3) is 0 Å². The van der Waals surface area contributed by atoms with Crippen molar-refractivity contribution in [1.29, 1.82) is 0 Å². The molecule has 1 aliphatic heterocycles. The highest BCUT2D eigenvalue weighted by Crippen LogP contribution is 2.12. The van der Waals surface area contributed by atoms with Crippen LogP contribution in [-0.2, 0) is 0 Å². The van der Waals surface area contributed by atoms with E-state index in [-0.39, 0.29) is 0 Å². The number of hydrogen-bond acceptors (Lipinski definition) is 0. The first-order valence-electron chi connectivity index (χ1n) is 10.1. The van der Waals surface area contributed by atoms with E-state index >= 15 is 0 Å². The second-order valence-corrected chi connectivity index (χ2v) is 7.00. The zero-order chi connectivity index (χ0) is 15.7. The predicted octanol–water partition coefficient (Wildman–Crippen LogP) is 5.44. The standard InChI is InChI=1S/C21H39N/c1-2-3-4-5-6-7-8-9-10-11-12-13-14-16-19-22-20-17-15-18-21-22/h15,17-18,20H,2-14,16,19,21H2,1H3/p+1. The molecule has 0 aromatic heterocycles. The average molecular weight is 307 g/mol. The highest BCUT2D eigenvalue weighted by molar-refractivity contribution is 5.01. The molecule has 0 aliphatic carbocycles. The Kier molecular flexibility index (Phi) is 13.6. The van der Waals surface area contributed by atoms with Gasteiger partial charge in [-0.1, -0.05) is 90.0 Å². The van der Waals surface area contributed by atoms with E-state index in [1.54, 1.807) is 4.90 Å². The SMILES string of the molecule is CCCCCCCCCCCCCCCC[NH+]1C=CC=CC1. The minimum atomic E-state index is 1.19. The van der Waals surface area contributed by atoms with Crippen LogP contribution in [0, 0.1) is 0 Å². The molecule has 1 N–H and O–H groups in total. The molecule has 0 aromatic carbocycles. The maximum Gasteiger partial charge on any atom is 0.100 e. The van der Waals surface area contributed by atoms with Crippen molar-refractivity contribution in [2.45, 2.75) is 96.8 Å². The van der Waals surface area contributed by atoms with E-state index in [0.717, 1.165) is 0 Å². The van der Waals surface area contributed by atoms with Crippen LogP contribution in [0.2, 0.25) is 0 Å². The number of quaternary nitrogens is 1. The van der Waals surface area contributed by atoms with Gasteiger partial charge < -0.3 is 4.90 Å². The van der Waals surface area contributed by atoms with Crippen LogP contribution in [0.1, 0.15) is 96.8 Å². The van der Waals surface area contributed by atoms with Crippen molar-refractivity contribution in [3.8, 4) is 0 Å². The molecule has 1 atom stereocenters. The lowest BCUT2D eigenvalue weighted by Crippen LogP contribution is -3.07. The van der Waals surface area contributed by atoms with E-state index in [1.807, 2.05) is 0 Å². The molecule has 0 saturated heterocycles. The van der Waals surface area contributed by atoms with Gasteiger partial charge >= 0.3 is 0 Å². The summed E-state index contributed by atoms with van der Waals surface area (Å²) in [4.78, 5) is 1.63. The Morgan fingerprint density at radius 3 is 1.59 bits per heavy atom. The van der Waals surface area contributed by atoms with Gasteiger partial charge in [-0.3, -0.25) is 0 Å². The van der Waals surface area contributed by atoms with E-state index in [0.29, 0.717) is 0 Å². The summed E-state index contributed by atoms with van der Waals surface area (Å²) in [6.45, 7) is 4.80. The summed E-state index contributed by atoms with van der Waals surface area (Å²) >= 11 is 0. The summed E-state index contributed by atoms with van der Waals surface area (Å²) in [6, 6.07) is 0. The molecule has 0 bridgehead atoms. The van der Waals surface area contributed by atoms with E-state index < -0.39 is 0 Å². The van der Waals surface area contributed by atoms with Gasteiger partial charge in [-0.2, -0.15) is 0 Å². The number of nitrogens with one attached hydrogen (secondary N) is 1. The van der Waals surface area contributed by atoms with Crippen LogP contribution < -0.4 is 4.90 Å². The maximum atomic E-state index is 2.31. The molecular formula is C21H40N+. The van der Waals surface area contributed by atoms with Gasteiger partial charge in [0, 0.05) is 0 Å². The monoisotopic (exact) mass is 306 g/mol. The molecule has 22 heavy (non-hydrogen) atoms. The maximum absolute atomic E-state index is 2.31. The van der Waals surface area contributed by atoms with E-state index in [9.17, 15) is 0 Å². The molecule has 128 valence electrons. The van der Waals surface area contributed by atoms with Gasteiger partial charge in [0.1, 0.15) is 6.54 Å². The molecular weight excluding hydrogens is 266 g/mol. The van der Waals surface area contributed by atoms with Crippen LogP contribution >= 0.6 is 0 Å². The predicted molar refractivity (Wildman–Crippen MR) is 99.3 cm³/mol. The summed E-state index contributed by atoms with van der Waals surface area (Å²) in [5.74, 6) is 0. The first-order chi connectivity index (χ1) is 10.9. The molecule has 0 spiro atoms. The van der Waals surface area contributed by atoms with Gasteiger partial charge in [-0.15, -0.1) is 0 Å². The Hall–Kier alpha value is -0.560. The molecule has 1 heteroatoms. The Bertz CT molecular complexity index is 280. The van der Waals surface area contributed by atoms with Gasteiger partial charge in [0.25, 0.3) is 0 Å². The third-order valence-corrected chi connectivity index (χ3v) is 4.81. The van der Waals surface area contributed by atoms with Crippen LogP contribution in [-0.4, -0.2) is 13.1 Å². The number of allylic oxidation sites excluding steroid dienone is 2. The molecule has 1 heterocycles. The first-order valence-corrected chi connectivity index (χ1v) is 10.1. The molecule has 0 aromatic rings. The summed E-state index contributed by atoms with van der Waals surface area (Å²) in [6.07, 6.45) is 29.2. The van der Waals surface area contributed by atoms with Crippen molar-refractivity contribution >= 4 is 0 Å². The highest BCUT2D eigenvalue weighted by atomic mass is 15.1. The Morgan fingerprint density at radius 1 is 0.636 bits per heavy atom. The van der Waals surface area contributed by atoms with E-state index in [1.165, 1.54) is 103 Å². The fourth-order valence-corrected chi connectivity index (χ4v) is 3.29. The number of unbranched alkanes of at least 4 members (excludes halogenated alkanes) is 13. The summed E-state index contributed by atoms with van der Waals surface area (Å²) in [7, 11) is 0. The average Bonchev–Trinajstić information content (AvgIpc) is 2.56. The zero-order valence-corrected chi connectivity index (χ0v) is 15.1. The molecule has 1 unspecified atom stereocenters. The molecule has 0 saturated carbocycles. The second kappa shape index (κ2) is 15.3. The van der Waals surface area contributed by atoms with Crippen LogP contribution in [0.5, 0.6) is 0 Å². The van der Waals surface area contributed by atoms with Crippen LogP contribution in [0.15, 0.2) is 24.4 Å².